The van der Waals surface area contributed by atoms with Gasteiger partial charge in [-0.2, -0.15) is 0 Å². The molecule has 58 heavy (non-hydrogen) atoms. The van der Waals surface area contributed by atoms with E-state index in [1.807, 2.05) is 0 Å². The molecule has 0 aromatic heterocycles. The summed E-state index contributed by atoms with van der Waals surface area (Å²) in [7, 11) is 5.38. The van der Waals surface area contributed by atoms with Crippen LogP contribution in [-0.2, 0) is 28.6 Å². The van der Waals surface area contributed by atoms with Crippen molar-refractivity contribution in [3.63, 3.8) is 0 Å². The molecule has 0 N–H and O–H groups in total. The molecule has 0 aromatic carbocycles. The van der Waals surface area contributed by atoms with Crippen LogP contribution in [0.15, 0.2) is 85.1 Å². The quantitative estimate of drug-likeness (QED) is 0.0200. The number of carboxylic acids is 1. The van der Waals surface area contributed by atoms with Crippen LogP contribution in [0.5, 0.6) is 0 Å². The van der Waals surface area contributed by atoms with Gasteiger partial charge in [-0.3, -0.25) is 9.59 Å². The highest BCUT2D eigenvalue weighted by Crippen LogP contribution is 2.13. The molecule has 0 radical (unpaired) electrons. The van der Waals surface area contributed by atoms with Crippen LogP contribution in [0.4, 0.5) is 0 Å². The van der Waals surface area contributed by atoms with Crippen molar-refractivity contribution in [2.45, 2.75) is 174 Å². The van der Waals surface area contributed by atoms with Gasteiger partial charge in [0.2, 0.25) is 0 Å². The smallest absolute Gasteiger partial charge is 0.306 e. The Kier molecular flexibility index (Phi) is 37.9. The van der Waals surface area contributed by atoms with Crippen LogP contribution in [0.3, 0.4) is 0 Å². The summed E-state index contributed by atoms with van der Waals surface area (Å²) in [5.74, 6) is -1.80. The Morgan fingerprint density at radius 3 is 1.55 bits per heavy atom. The topological polar surface area (TPSA) is 102 Å². The van der Waals surface area contributed by atoms with Gasteiger partial charge in [0, 0.05) is 19.3 Å². The Morgan fingerprint density at radius 1 is 0.552 bits per heavy atom. The molecule has 0 aliphatic rings. The lowest BCUT2D eigenvalue weighted by Gasteiger charge is -2.34. The molecule has 0 saturated carbocycles. The molecule has 0 aromatic rings. The van der Waals surface area contributed by atoms with E-state index >= 15 is 0 Å². The van der Waals surface area contributed by atoms with Crippen molar-refractivity contribution in [2.24, 2.45) is 0 Å². The lowest BCUT2D eigenvalue weighted by Crippen LogP contribution is -2.55. The largest absolute Gasteiger partial charge is 0.544 e. The van der Waals surface area contributed by atoms with Gasteiger partial charge in [-0.1, -0.05) is 150 Å². The van der Waals surface area contributed by atoms with Gasteiger partial charge in [0.15, 0.2) is 6.10 Å². The first kappa shape index (κ1) is 54.5. The van der Waals surface area contributed by atoms with E-state index in [1.54, 1.807) is 21.1 Å². The van der Waals surface area contributed by atoms with E-state index in [0.717, 1.165) is 89.9 Å². The number of ether oxygens (including phenoxy) is 3. The average molecular weight is 810 g/mol. The highest BCUT2D eigenvalue weighted by Gasteiger charge is 2.25. The number of hydrogen-bond donors (Lipinski definition) is 0. The molecule has 0 saturated heterocycles. The second-order valence-electron chi connectivity index (χ2n) is 15.9. The van der Waals surface area contributed by atoms with Crippen molar-refractivity contribution >= 4 is 17.9 Å². The van der Waals surface area contributed by atoms with Gasteiger partial charge in [0.25, 0.3) is 0 Å². The molecular formula is C50H83NO7. The van der Waals surface area contributed by atoms with Crippen molar-refractivity contribution in [3.8, 4) is 0 Å². The molecular weight excluding hydrogens is 727 g/mol. The first-order valence-electron chi connectivity index (χ1n) is 22.6. The van der Waals surface area contributed by atoms with Crippen molar-refractivity contribution < 1.29 is 38.2 Å². The van der Waals surface area contributed by atoms with Crippen molar-refractivity contribution in [3.05, 3.63) is 85.1 Å². The lowest BCUT2D eigenvalue weighted by atomic mass is 10.1. The Labute approximate surface area is 354 Å². The highest BCUT2D eigenvalue weighted by molar-refractivity contribution is 5.70. The number of rotatable bonds is 39. The van der Waals surface area contributed by atoms with E-state index in [-0.39, 0.29) is 49.1 Å². The van der Waals surface area contributed by atoms with Crippen molar-refractivity contribution in [1.82, 2.24) is 0 Å². The lowest BCUT2D eigenvalue weighted by molar-refractivity contribution is -0.889. The maximum Gasteiger partial charge on any atom is 0.306 e. The number of likely N-dealkylation sites (N-methyl/N-ethyl adjacent to an activating group) is 1. The number of carbonyl (C=O) groups excluding carboxylic acids is 3. The third kappa shape index (κ3) is 38.1. The van der Waals surface area contributed by atoms with Gasteiger partial charge < -0.3 is 28.6 Å². The summed E-state index contributed by atoms with van der Waals surface area (Å²) >= 11 is 0. The maximum atomic E-state index is 12.7. The summed E-state index contributed by atoms with van der Waals surface area (Å²) < 4.78 is 17.1. The van der Waals surface area contributed by atoms with E-state index in [9.17, 15) is 19.5 Å². The number of quaternary nitrogens is 1. The second-order valence-corrected chi connectivity index (χ2v) is 15.9. The van der Waals surface area contributed by atoms with Gasteiger partial charge >= 0.3 is 11.9 Å². The van der Waals surface area contributed by atoms with Gasteiger partial charge in [-0.05, 0) is 77.0 Å². The number of aliphatic carboxylic acids is 1. The predicted octanol–water partition coefficient (Wildman–Crippen LogP) is 11.2. The van der Waals surface area contributed by atoms with Crippen LogP contribution in [0, 0.1) is 0 Å². The van der Waals surface area contributed by atoms with Crippen LogP contribution in [-0.4, -0.2) is 75.5 Å². The van der Waals surface area contributed by atoms with E-state index in [2.05, 4.69) is 98.9 Å². The van der Waals surface area contributed by atoms with E-state index < -0.39 is 18.1 Å². The zero-order chi connectivity index (χ0) is 42.8. The monoisotopic (exact) mass is 810 g/mol. The minimum absolute atomic E-state index is 0.0214. The standard InChI is InChI=1S/C50H83NO7/c1-6-8-10-12-14-16-18-19-20-21-22-23-24-25-26-27-28-29-31-32-34-36-38-40-48(52)57-45-46(44-56-43-42-47(50(54)55)51(3,4)5)58-49(53)41-39-37-35-33-30-17-15-13-11-9-7-2/h8,10,13-17,19-20,22-23,25-26,30,46-47H,6-7,9,11-12,18,21,24,27-29,31-45H2,1-5H3/b10-8+,15-13+,16-14+,20-19+,23-22+,26-25+,30-17+. The second kappa shape index (κ2) is 40.3. The third-order valence-electron chi connectivity index (χ3n) is 9.54. The molecule has 8 nitrogen and oxygen atoms in total. The van der Waals surface area contributed by atoms with Gasteiger partial charge in [-0.25, -0.2) is 0 Å². The molecule has 0 fully saturated rings. The Balaban J connectivity index is 4.30. The number of esters is 2. The number of carbonyl (C=O) groups is 3. The minimum Gasteiger partial charge on any atom is -0.544 e. The highest BCUT2D eigenvalue weighted by atomic mass is 16.6. The first-order chi connectivity index (χ1) is 28.1. The number of nitrogens with zero attached hydrogens (tertiary/aromatic N) is 1. The van der Waals surface area contributed by atoms with E-state index in [1.165, 1.54) is 32.1 Å². The first-order valence-corrected chi connectivity index (χ1v) is 22.6. The SMILES string of the molecule is CC/C=C/C/C=C/C/C=C/C/C=C/C/C=C/CCCCCCCCCC(=O)OCC(COCCC(C(=O)[O-])[N+](C)(C)C)OC(=O)CCCCC/C=C/C=C/CCCC. The van der Waals surface area contributed by atoms with Crippen molar-refractivity contribution in [1.29, 1.82) is 0 Å². The van der Waals surface area contributed by atoms with Crippen molar-refractivity contribution in [2.75, 3.05) is 41.0 Å². The molecule has 0 amide bonds. The summed E-state index contributed by atoms with van der Waals surface area (Å²) in [6.45, 7) is 4.43. The van der Waals surface area contributed by atoms with E-state index in [4.69, 9.17) is 14.2 Å². The number of unbranched alkanes of at least 4 members (excludes halogenated alkanes) is 12. The fourth-order valence-corrected chi connectivity index (χ4v) is 6.01. The normalized spacial score (nSPS) is 13.7. The fraction of sp³-hybridized carbons (Fsp3) is 0.660. The Hall–Kier alpha value is -3.49. The summed E-state index contributed by atoms with van der Waals surface area (Å²) in [5, 5.41) is 11.6. The molecule has 0 aliphatic heterocycles. The maximum absolute atomic E-state index is 12.7. The zero-order valence-corrected chi connectivity index (χ0v) is 37.4. The summed E-state index contributed by atoms with van der Waals surface area (Å²) in [5.41, 5.74) is 0. The summed E-state index contributed by atoms with van der Waals surface area (Å²) in [6.07, 6.45) is 51.9. The summed E-state index contributed by atoms with van der Waals surface area (Å²) in [6, 6.07) is -0.736. The van der Waals surface area contributed by atoms with Crippen LogP contribution in [0.25, 0.3) is 0 Å². The van der Waals surface area contributed by atoms with Gasteiger partial charge in [-0.15, -0.1) is 0 Å². The molecule has 0 aliphatic carbocycles. The third-order valence-corrected chi connectivity index (χ3v) is 9.54. The van der Waals surface area contributed by atoms with Crippen LogP contribution < -0.4 is 5.11 Å². The number of allylic oxidation sites excluding steroid dienone is 14. The molecule has 2 atom stereocenters. The predicted molar refractivity (Wildman–Crippen MR) is 240 cm³/mol. The van der Waals surface area contributed by atoms with Crippen LogP contribution in [0.1, 0.15) is 162 Å². The fourth-order valence-electron chi connectivity index (χ4n) is 6.01. The Morgan fingerprint density at radius 2 is 1.02 bits per heavy atom. The van der Waals surface area contributed by atoms with Crippen LogP contribution >= 0.6 is 0 Å². The number of hydrogen-bond acceptors (Lipinski definition) is 7. The molecule has 0 spiro atoms. The van der Waals surface area contributed by atoms with Gasteiger partial charge in [0.05, 0.1) is 40.3 Å². The molecule has 0 heterocycles. The van der Waals surface area contributed by atoms with Gasteiger partial charge in [0.1, 0.15) is 12.6 Å². The summed E-state index contributed by atoms with van der Waals surface area (Å²) in [4.78, 5) is 36.8. The molecule has 0 rings (SSSR count). The molecule has 8 heteroatoms. The number of carboxylic acid groups (broad SMARTS) is 1. The molecule has 2 unspecified atom stereocenters. The van der Waals surface area contributed by atoms with E-state index in [0.29, 0.717) is 12.8 Å². The Bertz CT molecular complexity index is 1220. The zero-order valence-electron chi connectivity index (χ0n) is 37.4. The average Bonchev–Trinajstić information content (AvgIpc) is 3.18. The minimum atomic E-state index is -1.14. The molecule has 330 valence electrons. The molecule has 0 bridgehead atoms. The van der Waals surface area contributed by atoms with Crippen LogP contribution in [0.2, 0.25) is 0 Å².